The smallest absolute Gasteiger partial charge is 0.282 e. The minimum absolute atomic E-state index is 0.159. The van der Waals surface area contributed by atoms with Gasteiger partial charge in [0.15, 0.2) is 0 Å². The lowest BCUT2D eigenvalue weighted by Crippen LogP contribution is -2.33. The Morgan fingerprint density at radius 2 is 1.37 bits per heavy atom. The van der Waals surface area contributed by atoms with E-state index in [9.17, 15) is 27.2 Å². The minimum Gasteiger partial charge on any atom is -0.350 e. The molecule has 30 heavy (non-hydrogen) atoms. The number of carbonyl (C=O) groups excluding carboxylic acids is 2. The molecule has 0 aliphatic carbocycles. The van der Waals surface area contributed by atoms with Crippen LogP contribution in [-0.4, -0.2) is 11.8 Å². The molecule has 1 heterocycles. The van der Waals surface area contributed by atoms with E-state index in [-0.39, 0.29) is 22.5 Å². The van der Waals surface area contributed by atoms with Gasteiger partial charge in [0.05, 0.1) is 11.3 Å². The molecule has 1 N–H and O–H groups in total. The lowest BCUT2D eigenvalue weighted by atomic mass is 10.0. The Kier molecular flexibility index (Phi) is 4.83. The van der Waals surface area contributed by atoms with E-state index in [0.717, 1.165) is 30.3 Å². The van der Waals surface area contributed by atoms with Crippen molar-refractivity contribution in [2.24, 2.45) is 0 Å². The molecule has 8 heteroatoms. The Bertz CT molecular complexity index is 1210. The molecule has 0 saturated carbocycles. The van der Waals surface area contributed by atoms with Gasteiger partial charge in [-0.3, -0.25) is 9.59 Å². The predicted molar refractivity (Wildman–Crippen MR) is 102 cm³/mol. The molecular formula is C22H12F4N2O2. The molecule has 3 aromatic rings. The Labute approximate surface area is 168 Å². The molecule has 0 unspecified atom stereocenters. The second kappa shape index (κ2) is 7.47. The standard InChI is InChI=1S/C22H12F4N2O2/c23-13-6-4-12(5-7-13)19-20(27-16-3-1-2-14(24)10-16)22(30)28(21(19)29)18-9-8-15(25)11-17(18)26/h1-11,27H. The summed E-state index contributed by atoms with van der Waals surface area (Å²) in [5.41, 5.74) is -0.484. The Hall–Kier alpha value is -3.94. The maximum atomic E-state index is 14.3. The van der Waals surface area contributed by atoms with Gasteiger partial charge >= 0.3 is 0 Å². The quantitative estimate of drug-likeness (QED) is 0.502. The fourth-order valence-electron chi connectivity index (χ4n) is 3.12. The van der Waals surface area contributed by atoms with Gasteiger partial charge in [0, 0.05) is 11.8 Å². The second-order valence-electron chi connectivity index (χ2n) is 6.43. The number of amides is 2. The van der Waals surface area contributed by atoms with Gasteiger partial charge in [-0.1, -0.05) is 18.2 Å². The van der Waals surface area contributed by atoms with Crippen LogP contribution >= 0.6 is 0 Å². The molecule has 1 aliphatic heterocycles. The van der Waals surface area contributed by atoms with Gasteiger partial charge in [0.1, 0.15) is 29.0 Å². The number of hydrogen-bond acceptors (Lipinski definition) is 3. The minimum atomic E-state index is -1.11. The number of anilines is 2. The zero-order valence-electron chi connectivity index (χ0n) is 15.1. The molecule has 0 spiro atoms. The fraction of sp³-hybridized carbons (Fsp3) is 0. The predicted octanol–water partition coefficient (Wildman–Crippen LogP) is 4.64. The van der Waals surface area contributed by atoms with Crippen LogP contribution in [0.3, 0.4) is 0 Å². The van der Waals surface area contributed by atoms with E-state index in [1.165, 1.54) is 30.3 Å². The molecule has 4 rings (SSSR count). The molecule has 0 atom stereocenters. The third kappa shape index (κ3) is 3.43. The van der Waals surface area contributed by atoms with Crippen LogP contribution in [0.25, 0.3) is 5.57 Å². The van der Waals surface area contributed by atoms with Crippen LogP contribution in [0.5, 0.6) is 0 Å². The second-order valence-corrected chi connectivity index (χ2v) is 6.43. The molecular weight excluding hydrogens is 400 g/mol. The van der Waals surface area contributed by atoms with Crippen LogP contribution in [0, 0.1) is 23.3 Å². The van der Waals surface area contributed by atoms with E-state index in [4.69, 9.17) is 0 Å². The Balaban J connectivity index is 1.84. The number of benzene rings is 3. The van der Waals surface area contributed by atoms with Crippen molar-refractivity contribution < 1.29 is 27.2 Å². The van der Waals surface area contributed by atoms with Gasteiger partial charge in [0.2, 0.25) is 0 Å². The SMILES string of the molecule is O=C1C(Nc2cccc(F)c2)=C(c2ccc(F)cc2)C(=O)N1c1ccc(F)cc1F. The Morgan fingerprint density at radius 3 is 2.03 bits per heavy atom. The van der Waals surface area contributed by atoms with Crippen molar-refractivity contribution in [1.82, 2.24) is 0 Å². The molecule has 4 nitrogen and oxygen atoms in total. The first-order chi connectivity index (χ1) is 14.3. The first kappa shape index (κ1) is 19.4. The summed E-state index contributed by atoms with van der Waals surface area (Å²) in [6.45, 7) is 0. The first-order valence-corrected chi connectivity index (χ1v) is 8.72. The number of rotatable bonds is 4. The lowest BCUT2D eigenvalue weighted by molar-refractivity contribution is -0.120. The van der Waals surface area contributed by atoms with Crippen molar-refractivity contribution in [1.29, 1.82) is 0 Å². The van der Waals surface area contributed by atoms with E-state index in [0.29, 0.717) is 11.0 Å². The van der Waals surface area contributed by atoms with E-state index >= 15 is 0 Å². The van der Waals surface area contributed by atoms with Crippen molar-refractivity contribution in [2.75, 3.05) is 10.2 Å². The largest absolute Gasteiger partial charge is 0.350 e. The molecule has 1 aliphatic rings. The number of carbonyl (C=O) groups is 2. The zero-order chi connectivity index (χ0) is 21.4. The van der Waals surface area contributed by atoms with Gasteiger partial charge in [-0.2, -0.15) is 0 Å². The molecule has 3 aromatic carbocycles. The zero-order valence-corrected chi connectivity index (χ0v) is 15.1. The van der Waals surface area contributed by atoms with Crippen LogP contribution < -0.4 is 10.2 Å². The molecule has 0 saturated heterocycles. The molecule has 0 bridgehead atoms. The number of nitrogens with one attached hydrogen (secondary N) is 1. The van der Waals surface area contributed by atoms with Crippen molar-refractivity contribution in [3.8, 4) is 0 Å². The van der Waals surface area contributed by atoms with Gasteiger partial charge in [-0.25, -0.2) is 22.5 Å². The fourth-order valence-corrected chi connectivity index (χ4v) is 3.12. The maximum absolute atomic E-state index is 14.3. The normalized spacial score (nSPS) is 13.9. The summed E-state index contributed by atoms with van der Waals surface area (Å²) >= 11 is 0. The number of nitrogens with zero attached hydrogens (tertiary/aromatic N) is 1. The Morgan fingerprint density at radius 1 is 0.700 bits per heavy atom. The van der Waals surface area contributed by atoms with E-state index in [2.05, 4.69) is 5.32 Å². The van der Waals surface area contributed by atoms with Gasteiger partial charge in [-0.15, -0.1) is 0 Å². The van der Waals surface area contributed by atoms with Gasteiger partial charge < -0.3 is 5.32 Å². The third-order valence-corrected chi connectivity index (χ3v) is 4.46. The summed E-state index contributed by atoms with van der Waals surface area (Å²) in [6.07, 6.45) is 0. The maximum Gasteiger partial charge on any atom is 0.282 e. The number of halogens is 4. The van der Waals surface area contributed by atoms with Crippen LogP contribution in [-0.2, 0) is 9.59 Å². The van der Waals surface area contributed by atoms with Crippen LogP contribution in [0.15, 0.2) is 72.4 Å². The summed E-state index contributed by atoms with van der Waals surface area (Å²) in [5.74, 6) is -4.94. The highest BCUT2D eigenvalue weighted by atomic mass is 19.1. The molecule has 0 aromatic heterocycles. The van der Waals surface area contributed by atoms with Crippen LogP contribution in [0.1, 0.15) is 5.56 Å². The number of imide groups is 1. The summed E-state index contributed by atoms with van der Waals surface area (Å²) in [7, 11) is 0. The average molecular weight is 412 g/mol. The van der Waals surface area contributed by atoms with Gasteiger partial charge in [-0.05, 0) is 48.0 Å². The summed E-state index contributed by atoms with van der Waals surface area (Å²) in [6, 6.07) is 12.4. The molecule has 2 amide bonds. The van der Waals surface area contributed by atoms with E-state index < -0.39 is 40.8 Å². The highest BCUT2D eigenvalue weighted by Crippen LogP contribution is 2.35. The highest BCUT2D eigenvalue weighted by molar-refractivity contribution is 6.46. The van der Waals surface area contributed by atoms with Crippen molar-refractivity contribution in [2.45, 2.75) is 0 Å². The van der Waals surface area contributed by atoms with E-state index in [1.807, 2.05) is 0 Å². The molecule has 0 radical (unpaired) electrons. The average Bonchev–Trinajstić information content (AvgIpc) is 2.93. The highest BCUT2D eigenvalue weighted by Gasteiger charge is 2.41. The van der Waals surface area contributed by atoms with Gasteiger partial charge in [0.25, 0.3) is 11.8 Å². The molecule has 150 valence electrons. The molecule has 0 fully saturated rings. The third-order valence-electron chi connectivity index (χ3n) is 4.46. The van der Waals surface area contributed by atoms with Crippen LogP contribution in [0.2, 0.25) is 0 Å². The van der Waals surface area contributed by atoms with Crippen LogP contribution in [0.4, 0.5) is 28.9 Å². The topological polar surface area (TPSA) is 49.4 Å². The lowest BCUT2D eigenvalue weighted by Gasteiger charge is -2.16. The first-order valence-electron chi connectivity index (χ1n) is 8.72. The van der Waals surface area contributed by atoms with Crippen molar-refractivity contribution >= 4 is 28.8 Å². The summed E-state index contributed by atoms with van der Waals surface area (Å²) in [5, 5.41) is 2.69. The summed E-state index contributed by atoms with van der Waals surface area (Å²) in [4.78, 5) is 26.7. The monoisotopic (exact) mass is 412 g/mol. The van der Waals surface area contributed by atoms with E-state index in [1.54, 1.807) is 0 Å². The summed E-state index contributed by atoms with van der Waals surface area (Å²) < 4.78 is 54.5. The van der Waals surface area contributed by atoms with Crippen molar-refractivity contribution in [3.05, 3.63) is 101 Å². The number of hydrogen-bond donors (Lipinski definition) is 1. The van der Waals surface area contributed by atoms with Crippen molar-refractivity contribution in [3.63, 3.8) is 0 Å².